The van der Waals surface area contributed by atoms with Crippen molar-refractivity contribution in [2.45, 2.75) is 76.2 Å². The molecule has 0 heterocycles. The molecule has 0 aromatic heterocycles. The van der Waals surface area contributed by atoms with Gasteiger partial charge in [-0.3, -0.25) is 0 Å². The molecule has 3 N–H and O–H groups in total. The van der Waals surface area contributed by atoms with E-state index in [1.165, 1.54) is 64.3 Å². The van der Waals surface area contributed by atoms with Crippen molar-refractivity contribution in [2.24, 2.45) is 34.8 Å². The van der Waals surface area contributed by atoms with E-state index >= 15 is 0 Å². The van der Waals surface area contributed by atoms with Crippen molar-refractivity contribution in [3.05, 3.63) is 35.9 Å². The predicted octanol–water partition coefficient (Wildman–Crippen LogP) is 4.88. The summed E-state index contributed by atoms with van der Waals surface area (Å²) >= 11 is 0. The third-order valence-corrected chi connectivity index (χ3v) is 9.00. The van der Waals surface area contributed by atoms with Gasteiger partial charge >= 0.3 is 0 Å². The minimum atomic E-state index is 0.484. The molecule has 4 bridgehead atoms. The highest BCUT2D eigenvalue weighted by molar-refractivity contribution is 5.30. The molecule has 2 heteroatoms. The molecule has 5 aliphatic carbocycles. The van der Waals surface area contributed by atoms with Crippen molar-refractivity contribution in [2.75, 3.05) is 13.1 Å². The first-order chi connectivity index (χ1) is 13.1. The van der Waals surface area contributed by atoms with Gasteiger partial charge in [-0.25, -0.2) is 0 Å². The fourth-order valence-corrected chi connectivity index (χ4v) is 8.04. The summed E-state index contributed by atoms with van der Waals surface area (Å²) in [5.74, 6) is 3.58. The second-order valence-electron chi connectivity index (χ2n) is 11.0. The fourth-order valence-electron chi connectivity index (χ4n) is 8.04. The first-order valence-electron chi connectivity index (χ1n) is 11.6. The molecule has 0 radical (unpaired) electrons. The number of rotatable bonds is 5. The van der Waals surface area contributed by atoms with E-state index < -0.39 is 0 Å². The lowest BCUT2D eigenvalue weighted by molar-refractivity contribution is -0.103. The summed E-state index contributed by atoms with van der Waals surface area (Å²) < 4.78 is 0. The van der Waals surface area contributed by atoms with Crippen LogP contribution in [-0.4, -0.2) is 19.1 Å². The third-order valence-electron chi connectivity index (χ3n) is 9.00. The third kappa shape index (κ3) is 3.27. The quantitative estimate of drug-likeness (QED) is 0.779. The smallest absolute Gasteiger partial charge is 0.00674 e. The molecule has 1 aromatic rings. The van der Waals surface area contributed by atoms with Gasteiger partial charge in [0.15, 0.2) is 0 Å². The van der Waals surface area contributed by atoms with Crippen molar-refractivity contribution in [3.8, 4) is 0 Å². The Kier molecular flexibility index (Phi) is 4.64. The second-order valence-corrected chi connectivity index (χ2v) is 11.0. The Morgan fingerprint density at radius 3 is 2.26 bits per heavy atom. The van der Waals surface area contributed by atoms with Crippen LogP contribution in [0.4, 0.5) is 0 Å². The SMILES string of the molecule is CC12CC3CC(c4ccccc4)(CC(C1)C3CNC1CCC(CN)CC1)C2. The van der Waals surface area contributed by atoms with E-state index in [0.29, 0.717) is 10.8 Å². The van der Waals surface area contributed by atoms with Crippen LogP contribution < -0.4 is 11.1 Å². The van der Waals surface area contributed by atoms with Crippen molar-refractivity contribution in [1.29, 1.82) is 0 Å². The maximum Gasteiger partial charge on any atom is 0.00674 e. The van der Waals surface area contributed by atoms with E-state index in [4.69, 9.17) is 5.73 Å². The molecular formula is C25H38N2. The normalized spacial score (nSPS) is 45.9. The fraction of sp³-hybridized carbons (Fsp3) is 0.760. The maximum absolute atomic E-state index is 5.87. The number of hydrogen-bond donors (Lipinski definition) is 2. The molecule has 2 unspecified atom stereocenters. The highest BCUT2D eigenvalue weighted by atomic mass is 14.9. The summed E-state index contributed by atoms with van der Waals surface area (Å²) in [4.78, 5) is 0. The number of hydrogen-bond acceptors (Lipinski definition) is 2. The lowest BCUT2D eigenvalue weighted by Gasteiger charge is -2.64. The summed E-state index contributed by atoms with van der Waals surface area (Å²) in [5.41, 5.74) is 8.59. The van der Waals surface area contributed by atoms with Crippen LogP contribution in [-0.2, 0) is 5.41 Å². The topological polar surface area (TPSA) is 38.0 Å². The monoisotopic (exact) mass is 366 g/mol. The summed E-state index contributed by atoms with van der Waals surface area (Å²) in [5, 5.41) is 4.02. The van der Waals surface area contributed by atoms with Gasteiger partial charge < -0.3 is 11.1 Å². The standard InChI is InChI=1S/C25H38N2/c1-24-11-19-13-25(17-24,21-5-3-2-4-6-21)14-20(12-24)23(19)16-27-22-9-7-18(15-26)8-10-22/h2-6,18-20,22-23,27H,7-17,26H2,1H3. The van der Waals surface area contributed by atoms with Gasteiger partial charge in [0.05, 0.1) is 0 Å². The molecule has 5 fully saturated rings. The zero-order valence-corrected chi connectivity index (χ0v) is 17.1. The molecule has 5 aliphatic rings. The minimum Gasteiger partial charge on any atom is -0.330 e. The van der Waals surface area contributed by atoms with Gasteiger partial charge in [-0.2, -0.15) is 0 Å². The maximum atomic E-state index is 5.87. The van der Waals surface area contributed by atoms with Gasteiger partial charge in [0.2, 0.25) is 0 Å². The molecule has 0 amide bonds. The van der Waals surface area contributed by atoms with Gasteiger partial charge in [0, 0.05) is 6.04 Å². The van der Waals surface area contributed by atoms with Crippen LogP contribution in [0.2, 0.25) is 0 Å². The number of nitrogens with one attached hydrogen (secondary N) is 1. The molecule has 1 aromatic carbocycles. The highest BCUT2D eigenvalue weighted by Gasteiger charge is 2.59. The van der Waals surface area contributed by atoms with Crippen molar-refractivity contribution < 1.29 is 0 Å². The lowest BCUT2D eigenvalue weighted by Crippen LogP contribution is -2.58. The second kappa shape index (κ2) is 6.88. The van der Waals surface area contributed by atoms with Crippen LogP contribution in [0.25, 0.3) is 0 Å². The van der Waals surface area contributed by atoms with Crippen LogP contribution in [0.15, 0.2) is 30.3 Å². The minimum absolute atomic E-state index is 0.484. The van der Waals surface area contributed by atoms with Crippen molar-refractivity contribution in [3.63, 3.8) is 0 Å². The van der Waals surface area contributed by atoms with Crippen LogP contribution in [0.1, 0.15) is 70.3 Å². The lowest BCUT2D eigenvalue weighted by atomic mass is 9.40. The molecule has 2 nitrogen and oxygen atoms in total. The van der Waals surface area contributed by atoms with Gasteiger partial charge in [0.25, 0.3) is 0 Å². The Morgan fingerprint density at radius 1 is 0.963 bits per heavy atom. The Bertz CT molecular complexity index is 630. The van der Waals surface area contributed by atoms with Crippen LogP contribution >= 0.6 is 0 Å². The molecule has 27 heavy (non-hydrogen) atoms. The summed E-state index contributed by atoms with van der Waals surface area (Å²) in [7, 11) is 0. The molecule has 5 saturated carbocycles. The first-order valence-corrected chi connectivity index (χ1v) is 11.6. The first kappa shape index (κ1) is 18.2. The predicted molar refractivity (Wildman–Crippen MR) is 113 cm³/mol. The van der Waals surface area contributed by atoms with Crippen LogP contribution in [0.5, 0.6) is 0 Å². The van der Waals surface area contributed by atoms with E-state index in [0.717, 1.165) is 36.3 Å². The van der Waals surface area contributed by atoms with E-state index in [1.807, 2.05) is 0 Å². The largest absolute Gasteiger partial charge is 0.330 e. The Labute approximate surface area is 165 Å². The molecule has 0 saturated heterocycles. The Balaban J connectivity index is 1.27. The molecule has 148 valence electrons. The van der Waals surface area contributed by atoms with Crippen molar-refractivity contribution in [1.82, 2.24) is 5.32 Å². The van der Waals surface area contributed by atoms with Gasteiger partial charge in [-0.1, -0.05) is 37.3 Å². The van der Waals surface area contributed by atoms with Crippen LogP contribution in [0.3, 0.4) is 0 Å². The van der Waals surface area contributed by atoms with Gasteiger partial charge in [-0.05, 0) is 111 Å². The highest BCUT2D eigenvalue weighted by Crippen LogP contribution is 2.67. The number of nitrogens with two attached hydrogens (primary N) is 1. The zero-order chi connectivity index (χ0) is 18.5. The summed E-state index contributed by atoms with van der Waals surface area (Å²) in [6.07, 6.45) is 12.6. The Hall–Kier alpha value is -0.860. The van der Waals surface area contributed by atoms with E-state index in [1.54, 1.807) is 5.56 Å². The molecule has 2 atom stereocenters. The van der Waals surface area contributed by atoms with E-state index in [2.05, 4.69) is 42.6 Å². The summed E-state index contributed by atoms with van der Waals surface area (Å²) in [6.45, 7) is 4.76. The summed E-state index contributed by atoms with van der Waals surface area (Å²) in [6, 6.07) is 12.3. The van der Waals surface area contributed by atoms with Gasteiger partial charge in [-0.15, -0.1) is 0 Å². The van der Waals surface area contributed by atoms with Gasteiger partial charge in [0.1, 0.15) is 0 Å². The zero-order valence-electron chi connectivity index (χ0n) is 17.1. The average Bonchev–Trinajstić information content (AvgIpc) is 2.67. The molecule has 0 aliphatic heterocycles. The molecule has 0 spiro atoms. The van der Waals surface area contributed by atoms with Crippen LogP contribution in [0, 0.1) is 29.1 Å². The molecule has 6 rings (SSSR count). The Morgan fingerprint density at radius 2 is 1.63 bits per heavy atom. The average molecular weight is 367 g/mol. The van der Waals surface area contributed by atoms with E-state index in [-0.39, 0.29) is 0 Å². The van der Waals surface area contributed by atoms with E-state index in [9.17, 15) is 0 Å². The van der Waals surface area contributed by atoms with Crippen molar-refractivity contribution >= 4 is 0 Å². The molecular weight excluding hydrogens is 328 g/mol. The number of benzene rings is 1.